The van der Waals surface area contributed by atoms with E-state index in [1.165, 1.54) is 90.1 Å². The van der Waals surface area contributed by atoms with E-state index in [1.807, 2.05) is 0 Å². The Hall–Kier alpha value is -0.820. The lowest BCUT2D eigenvalue weighted by Crippen LogP contribution is -2.26. The van der Waals surface area contributed by atoms with Crippen molar-refractivity contribution in [2.75, 3.05) is 13.1 Å². The Labute approximate surface area is 143 Å². The third kappa shape index (κ3) is 5.64. The molecule has 1 aromatic rings. The van der Waals surface area contributed by atoms with Crippen LogP contribution in [0.5, 0.6) is 0 Å². The monoisotopic (exact) mass is 313 g/mol. The fourth-order valence-electron chi connectivity index (χ4n) is 4.53. The molecule has 0 atom stereocenters. The van der Waals surface area contributed by atoms with Crippen molar-refractivity contribution in [1.29, 1.82) is 0 Å². The van der Waals surface area contributed by atoms with Crippen LogP contribution in [-0.2, 0) is 6.42 Å². The van der Waals surface area contributed by atoms with Crippen molar-refractivity contribution in [3.05, 3.63) is 35.4 Å². The van der Waals surface area contributed by atoms with Crippen LogP contribution in [0, 0.1) is 5.92 Å². The van der Waals surface area contributed by atoms with Crippen LogP contribution in [0.3, 0.4) is 0 Å². The van der Waals surface area contributed by atoms with Gasteiger partial charge in [0.2, 0.25) is 0 Å². The summed E-state index contributed by atoms with van der Waals surface area (Å²) in [5.41, 5.74) is 3.10. The Morgan fingerprint density at radius 1 is 0.783 bits per heavy atom. The van der Waals surface area contributed by atoms with Gasteiger partial charge in [-0.2, -0.15) is 0 Å². The van der Waals surface area contributed by atoms with Crippen molar-refractivity contribution in [2.45, 2.75) is 83.0 Å². The highest BCUT2D eigenvalue weighted by atomic mass is 14.9. The fraction of sp³-hybridized carbons (Fsp3) is 0.727. The summed E-state index contributed by atoms with van der Waals surface area (Å²) in [5.74, 6) is 1.86. The summed E-state index contributed by atoms with van der Waals surface area (Å²) in [6.07, 6.45) is 17.1. The highest BCUT2D eigenvalue weighted by Crippen LogP contribution is 2.28. The van der Waals surface area contributed by atoms with E-state index in [0.717, 1.165) is 11.8 Å². The molecule has 1 aromatic carbocycles. The molecule has 1 nitrogen and oxygen atoms in total. The summed E-state index contributed by atoms with van der Waals surface area (Å²) in [4.78, 5) is 0. The van der Waals surface area contributed by atoms with Crippen LogP contribution in [0.1, 0.15) is 87.7 Å². The Kier molecular flexibility index (Phi) is 7.01. The maximum Gasteiger partial charge on any atom is -0.00431 e. The first kappa shape index (κ1) is 17.0. The van der Waals surface area contributed by atoms with E-state index in [9.17, 15) is 0 Å². The van der Waals surface area contributed by atoms with Crippen LogP contribution in [0.25, 0.3) is 0 Å². The van der Waals surface area contributed by atoms with Crippen molar-refractivity contribution >= 4 is 0 Å². The van der Waals surface area contributed by atoms with E-state index in [-0.39, 0.29) is 0 Å². The predicted molar refractivity (Wildman–Crippen MR) is 100 cm³/mol. The summed E-state index contributed by atoms with van der Waals surface area (Å²) in [5, 5.41) is 3.46. The van der Waals surface area contributed by atoms with Crippen LogP contribution in [0.2, 0.25) is 0 Å². The van der Waals surface area contributed by atoms with Gasteiger partial charge in [-0.25, -0.2) is 0 Å². The van der Waals surface area contributed by atoms with Gasteiger partial charge >= 0.3 is 0 Å². The van der Waals surface area contributed by atoms with E-state index in [1.54, 1.807) is 11.1 Å². The zero-order valence-electron chi connectivity index (χ0n) is 14.9. The zero-order chi connectivity index (χ0) is 15.7. The summed E-state index contributed by atoms with van der Waals surface area (Å²) in [6, 6.07) is 9.57. The number of piperidine rings is 1. The van der Waals surface area contributed by atoms with E-state index in [0.29, 0.717) is 0 Å². The smallest absolute Gasteiger partial charge is 0.00431 e. The molecule has 0 amide bonds. The maximum absolute atomic E-state index is 3.46. The van der Waals surface area contributed by atoms with Crippen molar-refractivity contribution in [2.24, 2.45) is 5.92 Å². The molecule has 0 aromatic heterocycles. The number of nitrogens with one attached hydrogen (secondary N) is 1. The van der Waals surface area contributed by atoms with Crippen LogP contribution in [0.4, 0.5) is 0 Å². The van der Waals surface area contributed by atoms with Crippen LogP contribution in [-0.4, -0.2) is 13.1 Å². The summed E-state index contributed by atoms with van der Waals surface area (Å²) in [6.45, 7) is 2.38. The molecule has 1 heterocycles. The third-order valence-electron chi connectivity index (χ3n) is 6.09. The normalized spacial score (nSPS) is 20.7. The molecule has 0 radical (unpaired) electrons. The van der Waals surface area contributed by atoms with Crippen molar-refractivity contribution < 1.29 is 0 Å². The first-order valence-corrected chi connectivity index (χ1v) is 10.2. The minimum absolute atomic E-state index is 0.792. The number of rotatable bonds is 7. The lowest BCUT2D eigenvalue weighted by molar-refractivity contribution is 0.328. The van der Waals surface area contributed by atoms with E-state index in [4.69, 9.17) is 0 Å². The van der Waals surface area contributed by atoms with Crippen LogP contribution < -0.4 is 5.32 Å². The molecule has 2 aliphatic rings. The average molecular weight is 314 g/mol. The number of aryl methyl sites for hydroxylation is 1. The predicted octanol–water partition coefficient (Wildman–Crippen LogP) is 5.84. The van der Waals surface area contributed by atoms with Gasteiger partial charge in [0.1, 0.15) is 0 Å². The summed E-state index contributed by atoms with van der Waals surface area (Å²) in [7, 11) is 0. The van der Waals surface area contributed by atoms with Gasteiger partial charge in [-0.1, -0.05) is 75.6 Å². The second-order valence-corrected chi connectivity index (χ2v) is 7.87. The van der Waals surface area contributed by atoms with Gasteiger partial charge in [0.05, 0.1) is 0 Å². The number of unbranched alkanes of at least 4 members (excludes halogenated alkanes) is 2. The quantitative estimate of drug-likeness (QED) is 0.624. The van der Waals surface area contributed by atoms with Gasteiger partial charge in [0.15, 0.2) is 0 Å². The lowest BCUT2D eigenvalue weighted by Gasteiger charge is -2.23. The van der Waals surface area contributed by atoms with Crippen LogP contribution in [0.15, 0.2) is 24.3 Å². The van der Waals surface area contributed by atoms with Gasteiger partial charge in [-0.3, -0.25) is 0 Å². The topological polar surface area (TPSA) is 12.0 Å². The van der Waals surface area contributed by atoms with Gasteiger partial charge in [0.25, 0.3) is 0 Å². The highest BCUT2D eigenvalue weighted by Gasteiger charge is 2.15. The van der Waals surface area contributed by atoms with Crippen molar-refractivity contribution in [3.63, 3.8) is 0 Å². The number of hydrogen-bond donors (Lipinski definition) is 1. The Morgan fingerprint density at radius 3 is 2.26 bits per heavy atom. The molecule has 0 spiro atoms. The lowest BCUT2D eigenvalue weighted by atomic mass is 9.85. The van der Waals surface area contributed by atoms with Crippen LogP contribution >= 0.6 is 0 Å². The molecule has 0 unspecified atom stereocenters. The van der Waals surface area contributed by atoms with Gasteiger partial charge in [-0.05, 0) is 61.7 Å². The molecule has 23 heavy (non-hydrogen) atoms. The highest BCUT2D eigenvalue weighted by molar-refractivity contribution is 5.26. The zero-order valence-corrected chi connectivity index (χ0v) is 14.9. The Bertz CT molecular complexity index is 424. The molecule has 1 saturated heterocycles. The molecular weight excluding hydrogens is 278 g/mol. The first-order valence-electron chi connectivity index (χ1n) is 10.2. The molecule has 2 fully saturated rings. The minimum atomic E-state index is 0.792. The third-order valence-corrected chi connectivity index (χ3v) is 6.09. The second kappa shape index (κ2) is 9.47. The first-order chi connectivity index (χ1) is 11.4. The molecule has 1 aliphatic heterocycles. The largest absolute Gasteiger partial charge is 0.317 e. The molecule has 128 valence electrons. The number of benzene rings is 1. The Morgan fingerprint density at radius 2 is 1.52 bits per heavy atom. The van der Waals surface area contributed by atoms with Crippen molar-refractivity contribution in [1.82, 2.24) is 5.32 Å². The van der Waals surface area contributed by atoms with E-state index >= 15 is 0 Å². The van der Waals surface area contributed by atoms with Gasteiger partial charge in [-0.15, -0.1) is 0 Å². The molecule has 1 N–H and O–H groups in total. The van der Waals surface area contributed by atoms with E-state index in [2.05, 4.69) is 29.6 Å². The molecular formula is C22H35N. The van der Waals surface area contributed by atoms with Crippen molar-refractivity contribution in [3.8, 4) is 0 Å². The minimum Gasteiger partial charge on any atom is -0.317 e. The second-order valence-electron chi connectivity index (χ2n) is 7.87. The maximum atomic E-state index is 3.46. The SMILES string of the molecule is c1cc(C2CCNCC2)ccc1CCCCCC1CCCCC1. The molecule has 3 rings (SSSR count). The fourth-order valence-corrected chi connectivity index (χ4v) is 4.53. The summed E-state index contributed by atoms with van der Waals surface area (Å²) >= 11 is 0. The molecule has 0 bridgehead atoms. The average Bonchev–Trinajstić information content (AvgIpc) is 2.64. The van der Waals surface area contributed by atoms with E-state index < -0.39 is 0 Å². The van der Waals surface area contributed by atoms with Gasteiger partial charge < -0.3 is 5.32 Å². The standard InChI is InChI=1S/C22H35N/c1-3-7-19(8-4-1)9-5-2-6-10-20-11-13-21(14-12-20)22-15-17-23-18-16-22/h11-14,19,22-23H,1-10,15-18H2. The molecule has 1 heteroatoms. The molecule has 1 saturated carbocycles. The van der Waals surface area contributed by atoms with Gasteiger partial charge in [0, 0.05) is 0 Å². The Balaban J connectivity index is 1.32. The number of hydrogen-bond acceptors (Lipinski definition) is 1. The summed E-state index contributed by atoms with van der Waals surface area (Å²) < 4.78 is 0. The molecule has 1 aliphatic carbocycles.